The fourth-order valence-electron chi connectivity index (χ4n) is 1.94. The van der Waals surface area contributed by atoms with Gasteiger partial charge in [0.25, 0.3) is 0 Å². The van der Waals surface area contributed by atoms with Crippen LogP contribution in [0.3, 0.4) is 0 Å². The molecule has 0 aliphatic rings. The van der Waals surface area contributed by atoms with Crippen molar-refractivity contribution in [1.82, 2.24) is 20.2 Å². The van der Waals surface area contributed by atoms with Crippen molar-refractivity contribution in [2.24, 2.45) is 0 Å². The lowest BCUT2D eigenvalue weighted by molar-refractivity contribution is 1.02. The van der Waals surface area contributed by atoms with Crippen LogP contribution in [0.1, 0.15) is 17.0 Å². The fraction of sp³-hybridized carbons (Fsp3) is 0.250. The van der Waals surface area contributed by atoms with Crippen molar-refractivity contribution in [3.63, 3.8) is 0 Å². The van der Waals surface area contributed by atoms with Gasteiger partial charge in [-0.2, -0.15) is 5.10 Å². The van der Waals surface area contributed by atoms with Gasteiger partial charge in [0.15, 0.2) is 0 Å². The normalized spacial score (nSPS) is 11.0. The van der Waals surface area contributed by atoms with Crippen molar-refractivity contribution in [3.8, 4) is 0 Å². The Morgan fingerprint density at radius 3 is 3.00 bits per heavy atom. The lowest BCUT2D eigenvalue weighted by Gasteiger charge is -2.06. The summed E-state index contributed by atoms with van der Waals surface area (Å²) in [5, 5.41) is 13.6. The Hall–Kier alpha value is -1.95. The van der Waals surface area contributed by atoms with Crippen molar-refractivity contribution in [2.45, 2.75) is 20.4 Å². The van der Waals surface area contributed by atoms with Crippen molar-refractivity contribution < 1.29 is 0 Å². The number of hydrogen-bond acceptors (Lipinski definition) is 5. The molecule has 3 aromatic heterocycles. The van der Waals surface area contributed by atoms with E-state index in [1.807, 2.05) is 25.3 Å². The Morgan fingerprint density at radius 1 is 1.33 bits per heavy atom. The van der Waals surface area contributed by atoms with E-state index in [2.05, 4.69) is 25.5 Å². The van der Waals surface area contributed by atoms with Gasteiger partial charge in [-0.3, -0.25) is 5.10 Å². The van der Waals surface area contributed by atoms with E-state index in [9.17, 15) is 0 Å². The van der Waals surface area contributed by atoms with Gasteiger partial charge in [-0.25, -0.2) is 9.97 Å². The predicted molar refractivity (Wildman–Crippen MR) is 72.8 cm³/mol. The van der Waals surface area contributed by atoms with E-state index in [4.69, 9.17) is 0 Å². The monoisotopic (exact) mass is 259 g/mol. The van der Waals surface area contributed by atoms with Crippen LogP contribution in [0, 0.1) is 13.8 Å². The molecule has 0 aliphatic heterocycles. The van der Waals surface area contributed by atoms with Gasteiger partial charge in [-0.05, 0) is 25.3 Å². The summed E-state index contributed by atoms with van der Waals surface area (Å²) in [6.07, 6.45) is 1.59. The maximum Gasteiger partial charge on any atom is 0.138 e. The van der Waals surface area contributed by atoms with Crippen LogP contribution >= 0.6 is 11.3 Å². The summed E-state index contributed by atoms with van der Waals surface area (Å²) in [6.45, 7) is 4.74. The highest BCUT2D eigenvalue weighted by Crippen LogP contribution is 2.24. The van der Waals surface area contributed by atoms with Crippen LogP contribution in [-0.4, -0.2) is 20.2 Å². The molecule has 3 rings (SSSR count). The first-order valence-electron chi connectivity index (χ1n) is 5.68. The Kier molecular flexibility index (Phi) is 2.71. The molecule has 6 heteroatoms. The highest BCUT2D eigenvalue weighted by Gasteiger charge is 2.08. The van der Waals surface area contributed by atoms with Crippen molar-refractivity contribution in [3.05, 3.63) is 34.7 Å². The standard InChI is InChI=1S/C12H13N5S/c1-7-10(8(2)17-16-7)5-13-11-9-3-4-18-12(9)15-6-14-11/h3-4,6H,5H2,1-2H3,(H,16,17)(H,13,14,15). The first-order valence-corrected chi connectivity index (χ1v) is 6.56. The van der Waals surface area contributed by atoms with Gasteiger partial charge in [0.2, 0.25) is 0 Å². The van der Waals surface area contributed by atoms with Gasteiger partial charge in [0.1, 0.15) is 17.0 Å². The topological polar surface area (TPSA) is 66.5 Å². The first-order chi connectivity index (χ1) is 8.75. The second-order valence-corrected chi connectivity index (χ2v) is 5.02. The number of nitrogens with zero attached hydrogens (tertiary/aromatic N) is 3. The first kappa shape index (κ1) is 11.2. The largest absolute Gasteiger partial charge is 0.365 e. The van der Waals surface area contributed by atoms with Crippen LogP contribution in [0.2, 0.25) is 0 Å². The van der Waals surface area contributed by atoms with Gasteiger partial charge >= 0.3 is 0 Å². The van der Waals surface area contributed by atoms with E-state index >= 15 is 0 Å². The maximum absolute atomic E-state index is 4.29. The molecule has 0 spiro atoms. The zero-order valence-electron chi connectivity index (χ0n) is 10.2. The quantitative estimate of drug-likeness (QED) is 0.759. The highest BCUT2D eigenvalue weighted by atomic mass is 32.1. The van der Waals surface area contributed by atoms with Gasteiger partial charge in [0, 0.05) is 17.8 Å². The summed E-state index contributed by atoms with van der Waals surface area (Å²) in [6, 6.07) is 2.04. The number of aryl methyl sites for hydroxylation is 2. The maximum atomic E-state index is 4.29. The number of H-pyrrole nitrogens is 1. The summed E-state index contributed by atoms with van der Waals surface area (Å²) in [5.41, 5.74) is 3.31. The number of aromatic nitrogens is 4. The molecule has 0 aromatic carbocycles. The van der Waals surface area contributed by atoms with Crippen LogP contribution in [0.5, 0.6) is 0 Å². The molecule has 0 bridgehead atoms. The van der Waals surface area contributed by atoms with Crippen LogP contribution in [0.15, 0.2) is 17.8 Å². The minimum atomic E-state index is 0.718. The molecule has 0 saturated heterocycles. The van der Waals surface area contributed by atoms with Crippen LogP contribution < -0.4 is 5.32 Å². The molecule has 18 heavy (non-hydrogen) atoms. The van der Waals surface area contributed by atoms with Crippen molar-refractivity contribution in [2.75, 3.05) is 5.32 Å². The van der Waals surface area contributed by atoms with E-state index in [1.54, 1.807) is 17.7 Å². The van der Waals surface area contributed by atoms with E-state index in [1.165, 1.54) is 5.56 Å². The average Bonchev–Trinajstić information content (AvgIpc) is 2.95. The fourth-order valence-corrected chi connectivity index (χ4v) is 2.67. The van der Waals surface area contributed by atoms with Crippen molar-refractivity contribution >= 4 is 27.4 Å². The van der Waals surface area contributed by atoms with Crippen LogP contribution in [0.25, 0.3) is 10.2 Å². The van der Waals surface area contributed by atoms with Crippen molar-refractivity contribution in [1.29, 1.82) is 0 Å². The molecule has 3 aromatic rings. The third-order valence-corrected chi connectivity index (χ3v) is 3.80. The lowest BCUT2D eigenvalue weighted by Crippen LogP contribution is -2.03. The number of fused-ring (bicyclic) bond motifs is 1. The predicted octanol–water partition coefficient (Wildman–Crippen LogP) is 2.64. The average molecular weight is 259 g/mol. The molecular weight excluding hydrogens is 246 g/mol. The smallest absolute Gasteiger partial charge is 0.138 e. The summed E-state index contributed by atoms with van der Waals surface area (Å²) >= 11 is 1.62. The minimum absolute atomic E-state index is 0.718. The summed E-state index contributed by atoms with van der Waals surface area (Å²) in [5.74, 6) is 0.876. The number of nitrogens with one attached hydrogen (secondary N) is 2. The summed E-state index contributed by atoms with van der Waals surface area (Å²) in [7, 11) is 0. The van der Waals surface area contributed by atoms with Crippen LogP contribution in [-0.2, 0) is 6.54 Å². The van der Waals surface area contributed by atoms with E-state index in [-0.39, 0.29) is 0 Å². The molecule has 0 radical (unpaired) electrons. The third kappa shape index (κ3) is 1.84. The highest BCUT2D eigenvalue weighted by molar-refractivity contribution is 7.16. The molecule has 0 atom stereocenters. The molecule has 0 amide bonds. The Morgan fingerprint density at radius 2 is 2.22 bits per heavy atom. The zero-order chi connectivity index (χ0) is 12.5. The molecule has 5 nitrogen and oxygen atoms in total. The SMILES string of the molecule is Cc1n[nH]c(C)c1CNc1ncnc2sccc12. The van der Waals surface area contributed by atoms with Crippen LogP contribution in [0.4, 0.5) is 5.82 Å². The molecule has 2 N–H and O–H groups in total. The molecule has 0 saturated carbocycles. The van der Waals surface area contributed by atoms with Gasteiger partial charge in [-0.1, -0.05) is 0 Å². The molecule has 0 fully saturated rings. The Labute approximate surface area is 108 Å². The van der Waals surface area contributed by atoms with Gasteiger partial charge in [0.05, 0.1) is 11.1 Å². The number of rotatable bonds is 3. The Bertz CT molecular complexity index is 665. The molecule has 3 heterocycles. The number of aromatic amines is 1. The molecule has 92 valence electrons. The molecule has 0 unspecified atom stereocenters. The second-order valence-electron chi connectivity index (χ2n) is 4.13. The lowest BCUT2D eigenvalue weighted by atomic mass is 10.2. The number of thiophene rings is 1. The van der Waals surface area contributed by atoms with Gasteiger partial charge < -0.3 is 5.32 Å². The number of hydrogen-bond donors (Lipinski definition) is 2. The number of anilines is 1. The van der Waals surface area contributed by atoms with E-state index in [0.29, 0.717) is 0 Å². The van der Waals surface area contributed by atoms with E-state index in [0.717, 1.165) is 34.0 Å². The summed E-state index contributed by atoms with van der Waals surface area (Å²) < 4.78 is 0. The van der Waals surface area contributed by atoms with E-state index < -0.39 is 0 Å². The minimum Gasteiger partial charge on any atom is -0.365 e. The Balaban J connectivity index is 1.87. The third-order valence-electron chi connectivity index (χ3n) is 2.98. The summed E-state index contributed by atoms with van der Waals surface area (Å²) in [4.78, 5) is 9.53. The molecular formula is C12H13N5S. The van der Waals surface area contributed by atoms with Gasteiger partial charge in [-0.15, -0.1) is 11.3 Å². The second kappa shape index (κ2) is 4.38. The molecule has 0 aliphatic carbocycles. The zero-order valence-corrected chi connectivity index (χ0v) is 11.0.